The first-order chi connectivity index (χ1) is 12.1. The monoisotopic (exact) mass is 406 g/mol. The lowest BCUT2D eigenvalue weighted by Crippen LogP contribution is -2.30. The number of sulfonamides is 1. The molecular formula is C16H14ClF3N2O3S. The SMILES string of the molecule is CC(=NOCc1ccccc1)c1cc(Cl)ccc1NS(=O)(=O)C(F)(F)F. The number of nitrogens with one attached hydrogen (secondary N) is 1. The van der Waals surface area contributed by atoms with Crippen LogP contribution in [0.25, 0.3) is 0 Å². The molecular weight excluding hydrogens is 393 g/mol. The number of oxime groups is 1. The van der Waals surface area contributed by atoms with E-state index in [0.717, 1.165) is 11.6 Å². The van der Waals surface area contributed by atoms with Crippen LogP contribution in [0.1, 0.15) is 18.1 Å². The third kappa shape index (κ3) is 5.12. The highest BCUT2D eigenvalue weighted by atomic mass is 35.5. The minimum Gasteiger partial charge on any atom is -0.391 e. The molecule has 10 heteroatoms. The van der Waals surface area contributed by atoms with Crippen LogP contribution in [-0.4, -0.2) is 19.6 Å². The zero-order valence-electron chi connectivity index (χ0n) is 13.4. The number of rotatable bonds is 6. The first-order valence-corrected chi connectivity index (χ1v) is 9.06. The van der Waals surface area contributed by atoms with Crippen LogP contribution in [0.3, 0.4) is 0 Å². The Morgan fingerprint density at radius 1 is 1.19 bits per heavy atom. The Morgan fingerprint density at radius 2 is 1.85 bits per heavy atom. The average Bonchev–Trinajstić information content (AvgIpc) is 2.56. The number of nitrogens with zero attached hydrogens (tertiary/aromatic N) is 1. The standard InChI is InChI=1S/C16H14ClF3N2O3S/c1-11(21-25-10-12-5-3-2-4-6-12)14-9-13(17)7-8-15(14)22-26(23,24)16(18,19)20/h2-9,22H,10H2,1H3. The Kier molecular flexibility index (Phi) is 6.14. The summed E-state index contributed by atoms with van der Waals surface area (Å²) in [6.45, 7) is 1.60. The van der Waals surface area contributed by atoms with E-state index in [4.69, 9.17) is 16.4 Å². The molecule has 0 unspecified atom stereocenters. The molecule has 26 heavy (non-hydrogen) atoms. The Hall–Kier alpha value is -2.26. The van der Waals surface area contributed by atoms with E-state index in [1.807, 2.05) is 30.3 Å². The van der Waals surface area contributed by atoms with Gasteiger partial charge in [-0.2, -0.15) is 21.6 Å². The summed E-state index contributed by atoms with van der Waals surface area (Å²) in [5.74, 6) is 0. The van der Waals surface area contributed by atoms with Gasteiger partial charge >= 0.3 is 15.5 Å². The molecule has 0 saturated carbocycles. The number of benzene rings is 2. The van der Waals surface area contributed by atoms with Crippen molar-refractivity contribution in [2.45, 2.75) is 19.0 Å². The van der Waals surface area contributed by atoms with Gasteiger partial charge in [0, 0.05) is 10.6 Å². The molecule has 2 aromatic carbocycles. The van der Waals surface area contributed by atoms with E-state index in [1.165, 1.54) is 23.8 Å². The third-order valence-electron chi connectivity index (χ3n) is 3.20. The van der Waals surface area contributed by atoms with E-state index in [1.54, 1.807) is 0 Å². The van der Waals surface area contributed by atoms with E-state index < -0.39 is 15.5 Å². The molecule has 0 aliphatic heterocycles. The molecule has 5 nitrogen and oxygen atoms in total. The quantitative estimate of drug-likeness (QED) is 0.565. The van der Waals surface area contributed by atoms with E-state index in [0.29, 0.717) is 0 Å². The van der Waals surface area contributed by atoms with Gasteiger partial charge in [-0.1, -0.05) is 47.1 Å². The molecule has 140 valence electrons. The van der Waals surface area contributed by atoms with Crippen molar-refractivity contribution in [1.82, 2.24) is 0 Å². The van der Waals surface area contributed by atoms with E-state index in [-0.39, 0.29) is 28.6 Å². The van der Waals surface area contributed by atoms with Crippen LogP contribution in [-0.2, 0) is 21.5 Å². The van der Waals surface area contributed by atoms with Gasteiger partial charge in [-0.15, -0.1) is 0 Å². The van der Waals surface area contributed by atoms with Crippen LogP contribution < -0.4 is 4.72 Å². The summed E-state index contributed by atoms with van der Waals surface area (Å²) in [5, 5.41) is 4.03. The summed E-state index contributed by atoms with van der Waals surface area (Å²) >= 11 is 5.86. The third-order valence-corrected chi connectivity index (χ3v) is 4.53. The molecule has 0 saturated heterocycles. The normalized spacial score (nSPS) is 12.7. The number of hydrogen-bond donors (Lipinski definition) is 1. The van der Waals surface area contributed by atoms with Gasteiger partial charge in [0.15, 0.2) is 0 Å². The van der Waals surface area contributed by atoms with Gasteiger partial charge in [0.1, 0.15) is 6.61 Å². The van der Waals surface area contributed by atoms with Crippen molar-refractivity contribution in [2.24, 2.45) is 5.16 Å². The first kappa shape index (κ1) is 20.1. The summed E-state index contributed by atoms with van der Waals surface area (Å²) < 4.78 is 61.9. The van der Waals surface area contributed by atoms with Crippen LogP contribution >= 0.6 is 11.6 Å². The van der Waals surface area contributed by atoms with Gasteiger partial charge < -0.3 is 4.84 Å². The fraction of sp³-hybridized carbons (Fsp3) is 0.188. The number of anilines is 1. The van der Waals surface area contributed by atoms with Gasteiger partial charge in [-0.05, 0) is 30.7 Å². The Labute approximate surface area is 153 Å². The summed E-state index contributed by atoms with van der Waals surface area (Å²) in [4.78, 5) is 5.17. The molecule has 0 aromatic heterocycles. The van der Waals surface area contributed by atoms with Gasteiger partial charge in [0.25, 0.3) is 0 Å². The number of alkyl halides is 3. The maximum atomic E-state index is 12.6. The fourth-order valence-electron chi connectivity index (χ4n) is 1.93. The van der Waals surface area contributed by atoms with Crippen LogP contribution in [0.2, 0.25) is 5.02 Å². The lowest BCUT2D eigenvalue weighted by molar-refractivity contribution is -0.0429. The van der Waals surface area contributed by atoms with Crippen LogP contribution in [0.4, 0.5) is 18.9 Å². The van der Waals surface area contributed by atoms with Crippen molar-refractivity contribution < 1.29 is 26.4 Å². The van der Waals surface area contributed by atoms with Crippen molar-refractivity contribution >= 4 is 33.0 Å². The van der Waals surface area contributed by atoms with Gasteiger partial charge in [-0.25, -0.2) is 0 Å². The molecule has 0 atom stereocenters. The topological polar surface area (TPSA) is 67.8 Å². The molecule has 0 spiro atoms. The van der Waals surface area contributed by atoms with Crippen LogP contribution in [0, 0.1) is 0 Å². The summed E-state index contributed by atoms with van der Waals surface area (Å²) in [7, 11) is -5.57. The van der Waals surface area contributed by atoms with E-state index in [2.05, 4.69) is 5.16 Å². The molecule has 2 aromatic rings. The number of hydrogen-bond acceptors (Lipinski definition) is 4. The minimum absolute atomic E-state index is 0.0680. The lowest BCUT2D eigenvalue weighted by atomic mass is 10.1. The van der Waals surface area contributed by atoms with Crippen molar-refractivity contribution in [3.05, 3.63) is 64.7 Å². The highest BCUT2D eigenvalue weighted by Crippen LogP contribution is 2.28. The predicted octanol–water partition coefficient (Wildman–Crippen LogP) is 4.54. The molecule has 0 aliphatic rings. The van der Waals surface area contributed by atoms with Crippen molar-refractivity contribution in [2.75, 3.05) is 4.72 Å². The van der Waals surface area contributed by atoms with Crippen molar-refractivity contribution in [3.8, 4) is 0 Å². The molecule has 0 amide bonds. The molecule has 0 fully saturated rings. The molecule has 1 N–H and O–H groups in total. The van der Waals surface area contributed by atoms with Crippen LogP contribution in [0.5, 0.6) is 0 Å². The first-order valence-electron chi connectivity index (χ1n) is 7.19. The van der Waals surface area contributed by atoms with Crippen LogP contribution in [0.15, 0.2) is 53.7 Å². The second-order valence-electron chi connectivity index (χ2n) is 5.18. The van der Waals surface area contributed by atoms with E-state index >= 15 is 0 Å². The summed E-state index contributed by atoms with van der Waals surface area (Å²) in [6.07, 6.45) is 0. The highest BCUT2D eigenvalue weighted by molar-refractivity contribution is 7.93. The largest absolute Gasteiger partial charge is 0.516 e. The van der Waals surface area contributed by atoms with Gasteiger partial charge in [0.05, 0.1) is 11.4 Å². The number of halogens is 4. The Bertz CT molecular complexity index is 901. The second-order valence-corrected chi connectivity index (χ2v) is 7.29. The lowest BCUT2D eigenvalue weighted by Gasteiger charge is -2.14. The molecule has 0 aliphatic carbocycles. The predicted molar refractivity (Wildman–Crippen MR) is 93.5 cm³/mol. The molecule has 2 rings (SSSR count). The maximum Gasteiger partial charge on any atom is 0.516 e. The smallest absolute Gasteiger partial charge is 0.391 e. The Balaban J connectivity index is 2.24. The fourth-order valence-corrected chi connectivity index (χ4v) is 2.69. The zero-order valence-corrected chi connectivity index (χ0v) is 15.0. The van der Waals surface area contributed by atoms with Gasteiger partial charge in [0.2, 0.25) is 0 Å². The molecule has 0 radical (unpaired) electrons. The van der Waals surface area contributed by atoms with E-state index in [9.17, 15) is 21.6 Å². The van der Waals surface area contributed by atoms with Crippen molar-refractivity contribution in [3.63, 3.8) is 0 Å². The summed E-state index contributed by atoms with van der Waals surface area (Å²) in [6, 6.07) is 12.8. The Morgan fingerprint density at radius 3 is 2.46 bits per heavy atom. The van der Waals surface area contributed by atoms with Gasteiger partial charge in [-0.3, -0.25) is 4.72 Å². The minimum atomic E-state index is -5.57. The summed E-state index contributed by atoms with van der Waals surface area (Å²) in [5.41, 5.74) is -4.69. The average molecular weight is 407 g/mol. The molecule has 0 bridgehead atoms. The molecule has 0 heterocycles. The zero-order chi connectivity index (χ0) is 19.4. The second kappa shape index (κ2) is 7.96. The highest BCUT2D eigenvalue weighted by Gasteiger charge is 2.46. The maximum absolute atomic E-state index is 12.6. The van der Waals surface area contributed by atoms with Crippen molar-refractivity contribution in [1.29, 1.82) is 0 Å².